The van der Waals surface area contributed by atoms with Crippen LogP contribution in [0.25, 0.3) is 0 Å². The zero-order valence-corrected chi connectivity index (χ0v) is 13.0. The Labute approximate surface area is 130 Å². The van der Waals surface area contributed by atoms with Crippen LogP contribution in [0.2, 0.25) is 0 Å². The molecule has 1 aromatic heterocycles. The fourth-order valence-corrected chi connectivity index (χ4v) is 2.94. The highest BCUT2D eigenvalue weighted by molar-refractivity contribution is 5.94. The Morgan fingerprint density at radius 2 is 2.05 bits per heavy atom. The molecule has 1 amide bonds. The quantitative estimate of drug-likeness (QED) is 0.920. The molecule has 2 aliphatic rings. The van der Waals surface area contributed by atoms with Crippen LogP contribution in [0.4, 0.5) is 5.69 Å². The molecule has 2 saturated heterocycles. The van der Waals surface area contributed by atoms with E-state index in [1.807, 2.05) is 11.0 Å². The third kappa shape index (κ3) is 3.23. The van der Waals surface area contributed by atoms with Crippen molar-refractivity contribution in [3.05, 3.63) is 24.0 Å². The number of nitrogens with one attached hydrogen (secondary N) is 1. The lowest BCUT2D eigenvalue weighted by molar-refractivity contribution is -0.181. The molecule has 1 N–H and O–H groups in total. The van der Waals surface area contributed by atoms with Crippen molar-refractivity contribution in [1.29, 1.82) is 0 Å². The summed E-state index contributed by atoms with van der Waals surface area (Å²) in [7, 11) is 0. The molecule has 0 aliphatic carbocycles. The van der Waals surface area contributed by atoms with Crippen LogP contribution in [0.1, 0.15) is 36.5 Å². The summed E-state index contributed by atoms with van der Waals surface area (Å²) >= 11 is 0. The van der Waals surface area contributed by atoms with Crippen LogP contribution >= 0.6 is 0 Å². The van der Waals surface area contributed by atoms with Gasteiger partial charge in [0.1, 0.15) is 0 Å². The average molecular weight is 305 g/mol. The minimum atomic E-state index is -0.445. The molecule has 0 saturated carbocycles. The summed E-state index contributed by atoms with van der Waals surface area (Å²) in [5.74, 6) is -0.417. The van der Waals surface area contributed by atoms with Crippen molar-refractivity contribution >= 4 is 11.6 Å². The van der Waals surface area contributed by atoms with E-state index in [1.54, 1.807) is 12.4 Å². The van der Waals surface area contributed by atoms with Crippen molar-refractivity contribution in [3.8, 4) is 0 Å². The Kier molecular flexibility index (Phi) is 4.59. The number of pyridine rings is 1. The number of aromatic nitrogens is 1. The van der Waals surface area contributed by atoms with E-state index in [9.17, 15) is 4.79 Å². The molecule has 6 heteroatoms. The van der Waals surface area contributed by atoms with Gasteiger partial charge in [-0.15, -0.1) is 0 Å². The molecule has 120 valence electrons. The van der Waals surface area contributed by atoms with Crippen LogP contribution in [0.5, 0.6) is 0 Å². The standard InChI is InChI=1S/C16H23N3O3/c1-2-5-18-14-10-13(11-17-12-14)15(20)19-6-3-16(4-7-19)21-8-9-22-16/h10-12,18H,2-9H2,1H3. The molecule has 3 rings (SSSR count). The smallest absolute Gasteiger partial charge is 0.255 e. The normalized spacial score (nSPS) is 20.3. The number of carbonyl (C=O) groups is 1. The predicted octanol–water partition coefficient (Wildman–Crippen LogP) is 1.88. The molecule has 1 aromatic rings. The number of piperidine rings is 1. The SMILES string of the molecule is CCCNc1cncc(C(=O)N2CCC3(CC2)OCCO3)c1. The molecule has 0 atom stereocenters. The number of carbonyl (C=O) groups excluding carboxylic acids is 1. The molecule has 0 bridgehead atoms. The zero-order chi connectivity index (χ0) is 15.4. The number of nitrogens with zero attached hydrogens (tertiary/aromatic N) is 2. The van der Waals surface area contributed by atoms with Gasteiger partial charge in [-0.25, -0.2) is 0 Å². The molecular weight excluding hydrogens is 282 g/mol. The van der Waals surface area contributed by atoms with Crippen LogP contribution < -0.4 is 5.32 Å². The Morgan fingerprint density at radius 3 is 2.73 bits per heavy atom. The molecule has 0 aromatic carbocycles. The van der Waals surface area contributed by atoms with Gasteiger partial charge in [-0.2, -0.15) is 0 Å². The van der Waals surface area contributed by atoms with Gasteiger partial charge in [0.05, 0.1) is 24.5 Å². The molecule has 1 spiro atoms. The van der Waals surface area contributed by atoms with Gasteiger partial charge in [0.15, 0.2) is 5.79 Å². The summed E-state index contributed by atoms with van der Waals surface area (Å²) < 4.78 is 11.4. The number of rotatable bonds is 4. The Bertz CT molecular complexity index is 519. The maximum absolute atomic E-state index is 12.6. The fourth-order valence-electron chi connectivity index (χ4n) is 2.94. The first-order valence-corrected chi connectivity index (χ1v) is 7.98. The predicted molar refractivity (Wildman–Crippen MR) is 82.8 cm³/mol. The number of ether oxygens (including phenoxy) is 2. The first kappa shape index (κ1) is 15.2. The first-order valence-electron chi connectivity index (χ1n) is 7.98. The largest absolute Gasteiger partial charge is 0.384 e. The van der Waals surface area contributed by atoms with Gasteiger partial charge in [-0.3, -0.25) is 9.78 Å². The van der Waals surface area contributed by atoms with Gasteiger partial charge in [-0.05, 0) is 12.5 Å². The van der Waals surface area contributed by atoms with E-state index < -0.39 is 5.79 Å². The van der Waals surface area contributed by atoms with E-state index >= 15 is 0 Å². The number of hydrogen-bond donors (Lipinski definition) is 1. The zero-order valence-electron chi connectivity index (χ0n) is 13.0. The summed E-state index contributed by atoms with van der Waals surface area (Å²) in [5.41, 5.74) is 1.52. The second-order valence-corrected chi connectivity index (χ2v) is 5.79. The Morgan fingerprint density at radius 1 is 1.32 bits per heavy atom. The van der Waals surface area contributed by atoms with E-state index in [1.165, 1.54) is 0 Å². The number of hydrogen-bond acceptors (Lipinski definition) is 5. The summed E-state index contributed by atoms with van der Waals surface area (Å²) in [6.45, 7) is 5.61. The second kappa shape index (κ2) is 6.62. The van der Waals surface area contributed by atoms with Crippen LogP contribution in [0.15, 0.2) is 18.5 Å². The summed E-state index contributed by atoms with van der Waals surface area (Å²) in [6.07, 6.45) is 5.89. The van der Waals surface area contributed by atoms with Gasteiger partial charge >= 0.3 is 0 Å². The van der Waals surface area contributed by atoms with Gasteiger partial charge in [0.2, 0.25) is 0 Å². The van der Waals surface area contributed by atoms with Crippen molar-refractivity contribution in [1.82, 2.24) is 9.88 Å². The highest BCUT2D eigenvalue weighted by Gasteiger charge is 2.40. The topological polar surface area (TPSA) is 63.7 Å². The van der Waals surface area contributed by atoms with Crippen molar-refractivity contribution in [2.24, 2.45) is 0 Å². The molecular formula is C16H23N3O3. The van der Waals surface area contributed by atoms with E-state index in [4.69, 9.17) is 9.47 Å². The lowest BCUT2D eigenvalue weighted by atomic mass is 10.0. The third-order valence-corrected chi connectivity index (χ3v) is 4.19. The number of anilines is 1. The molecule has 2 aliphatic heterocycles. The second-order valence-electron chi connectivity index (χ2n) is 5.79. The van der Waals surface area contributed by atoms with Gasteiger partial charge in [-0.1, -0.05) is 6.92 Å². The Balaban J connectivity index is 1.62. The number of likely N-dealkylation sites (tertiary alicyclic amines) is 1. The van der Waals surface area contributed by atoms with Crippen LogP contribution in [0, 0.1) is 0 Å². The van der Waals surface area contributed by atoms with Crippen LogP contribution in [-0.4, -0.2) is 54.4 Å². The molecule has 3 heterocycles. The van der Waals surface area contributed by atoms with Crippen molar-refractivity contribution in [2.75, 3.05) is 38.2 Å². The summed E-state index contributed by atoms with van der Waals surface area (Å²) in [4.78, 5) is 18.6. The van der Waals surface area contributed by atoms with E-state index in [0.717, 1.165) is 31.5 Å². The highest BCUT2D eigenvalue weighted by Crippen LogP contribution is 2.31. The van der Waals surface area contributed by atoms with Gasteiger partial charge in [0, 0.05) is 44.9 Å². The van der Waals surface area contributed by atoms with Crippen LogP contribution in [-0.2, 0) is 9.47 Å². The molecule has 22 heavy (non-hydrogen) atoms. The maximum Gasteiger partial charge on any atom is 0.255 e. The Hall–Kier alpha value is -1.66. The lowest BCUT2D eigenvalue weighted by Gasteiger charge is -2.37. The molecule has 2 fully saturated rings. The van der Waals surface area contributed by atoms with Crippen molar-refractivity contribution in [3.63, 3.8) is 0 Å². The van der Waals surface area contributed by atoms with Crippen molar-refractivity contribution in [2.45, 2.75) is 32.0 Å². The van der Waals surface area contributed by atoms with Gasteiger partial charge in [0.25, 0.3) is 5.91 Å². The molecule has 0 radical (unpaired) electrons. The minimum Gasteiger partial charge on any atom is -0.384 e. The monoisotopic (exact) mass is 305 g/mol. The minimum absolute atomic E-state index is 0.0282. The van der Waals surface area contributed by atoms with Gasteiger partial charge < -0.3 is 19.7 Å². The number of amides is 1. The fraction of sp³-hybridized carbons (Fsp3) is 0.625. The summed E-state index contributed by atoms with van der Waals surface area (Å²) in [5, 5.41) is 3.26. The van der Waals surface area contributed by atoms with E-state index in [0.29, 0.717) is 31.9 Å². The van der Waals surface area contributed by atoms with Crippen molar-refractivity contribution < 1.29 is 14.3 Å². The lowest BCUT2D eigenvalue weighted by Crippen LogP contribution is -2.47. The summed E-state index contributed by atoms with van der Waals surface area (Å²) in [6, 6.07) is 1.87. The first-order chi connectivity index (χ1) is 10.7. The van der Waals surface area contributed by atoms with Crippen LogP contribution in [0.3, 0.4) is 0 Å². The highest BCUT2D eigenvalue weighted by atomic mass is 16.7. The van der Waals surface area contributed by atoms with E-state index in [2.05, 4.69) is 17.2 Å². The third-order valence-electron chi connectivity index (χ3n) is 4.19. The average Bonchev–Trinajstić information content (AvgIpc) is 3.01. The maximum atomic E-state index is 12.6. The molecule has 0 unspecified atom stereocenters. The van der Waals surface area contributed by atoms with E-state index in [-0.39, 0.29) is 5.91 Å². The molecule has 6 nitrogen and oxygen atoms in total.